The number of fused-ring (bicyclic) bond motifs is 2. The summed E-state index contributed by atoms with van der Waals surface area (Å²) in [5.74, 6) is 1.60. The smallest absolute Gasteiger partial charge is 0.226 e. The summed E-state index contributed by atoms with van der Waals surface area (Å²) in [7, 11) is 0. The number of ketones is 1. The molecule has 2 atom stereocenters. The Morgan fingerprint density at radius 1 is 0.967 bits per heavy atom. The molecule has 1 aliphatic heterocycles. The van der Waals surface area contributed by atoms with Gasteiger partial charge in [0.1, 0.15) is 13.2 Å². The van der Waals surface area contributed by atoms with Crippen molar-refractivity contribution < 1.29 is 19.6 Å². The highest BCUT2D eigenvalue weighted by molar-refractivity contribution is 6.09. The maximum Gasteiger partial charge on any atom is 0.226 e. The molecule has 30 heavy (non-hydrogen) atoms. The van der Waals surface area contributed by atoms with Crippen LogP contribution in [0.3, 0.4) is 0 Å². The summed E-state index contributed by atoms with van der Waals surface area (Å²) in [6.45, 7) is 1.08. The van der Waals surface area contributed by atoms with Crippen LogP contribution in [0.25, 0.3) is 10.9 Å². The van der Waals surface area contributed by atoms with Gasteiger partial charge in [-0.3, -0.25) is 4.79 Å². The van der Waals surface area contributed by atoms with Crippen LogP contribution in [0, 0.1) is 0 Å². The number of rotatable bonds is 6. The largest absolute Gasteiger partial charge is 0.486 e. The first-order valence-corrected chi connectivity index (χ1v) is 10.2. The lowest BCUT2D eigenvalue weighted by Gasteiger charge is -2.26. The van der Waals surface area contributed by atoms with Gasteiger partial charge in [0, 0.05) is 28.2 Å². The third kappa shape index (κ3) is 3.55. The Bertz CT molecular complexity index is 1170. The van der Waals surface area contributed by atoms with Gasteiger partial charge in [0.15, 0.2) is 23.6 Å². The minimum Gasteiger partial charge on any atom is -0.486 e. The predicted molar refractivity (Wildman–Crippen MR) is 115 cm³/mol. The molecule has 3 aromatic carbocycles. The number of benzene rings is 3. The minimum absolute atomic E-state index is 0.0794. The highest BCUT2D eigenvalue weighted by atomic mass is 16.6. The van der Waals surface area contributed by atoms with E-state index < -0.39 is 0 Å². The molecule has 0 saturated heterocycles. The standard InChI is InChI=1S/C25H22N2O3/c28-25(20-15-26-21-11-5-4-10-19(20)21)24(17-8-2-1-3-9-17)27-14-18-16-29-22-12-6-7-13-23(22)30-18/h1-13,15,18,24,26-27H,14,16H2/p+1/t18-,24+/m0/s1. The summed E-state index contributed by atoms with van der Waals surface area (Å²) in [4.78, 5) is 16.8. The average Bonchev–Trinajstić information content (AvgIpc) is 3.24. The fourth-order valence-corrected chi connectivity index (χ4v) is 3.96. The van der Waals surface area contributed by atoms with Crippen molar-refractivity contribution in [2.24, 2.45) is 0 Å². The SMILES string of the molecule is O=C(c1c[nH]c2ccccc12)[C@H]([NH2+]C[C@H]1COc2ccccc2O1)c1ccccc1. The normalized spacial score (nSPS) is 16.3. The van der Waals surface area contributed by atoms with E-state index in [1.807, 2.05) is 85.1 Å². The van der Waals surface area contributed by atoms with Gasteiger partial charge in [-0.1, -0.05) is 60.7 Å². The van der Waals surface area contributed by atoms with Gasteiger partial charge >= 0.3 is 0 Å². The molecule has 0 amide bonds. The Kier molecular flexibility index (Phi) is 4.95. The summed E-state index contributed by atoms with van der Waals surface area (Å²) in [5.41, 5.74) is 2.65. The summed E-state index contributed by atoms with van der Waals surface area (Å²) >= 11 is 0. The summed E-state index contributed by atoms with van der Waals surface area (Å²) in [6, 6.07) is 25.1. The lowest BCUT2D eigenvalue weighted by atomic mass is 9.97. The molecular formula is C25H23N2O3+. The molecule has 1 aromatic heterocycles. The quantitative estimate of drug-likeness (QED) is 0.488. The van der Waals surface area contributed by atoms with Crippen molar-refractivity contribution in [3.05, 3.63) is 96.2 Å². The molecule has 1 aliphatic rings. The molecule has 2 heterocycles. The second-order valence-corrected chi connectivity index (χ2v) is 7.47. The summed E-state index contributed by atoms with van der Waals surface area (Å²) in [5, 5.41) is 3.00. The number of nitrogens with two attached hydrogens (primary N) is 1. The zero-order valence-corrected chi connectivity index (χ0v) is 16.5. The lowest BCUT2D eigenvalue weighted by Crippen LogP contribution is -2.89. The minimum atomic E-state index is -0.355. The Morgan fingerprint density at radius 3 is 2.57 bits per heavy atom. The molecule has 5 rings (SSSR count). The van der Waals surface area contributed by atoms with E-state index in [1.165, 1.54) is 0 Å². The van der Waals surface area contributed by atoms with Gasteiger partial charge in [-0.15, -0.1) is 0 Å². The monoisotopic (exact) mass is 399 g/mol. The van der Waals surface area contributed by atoms with Gasteiger partial charge in [0.05, 0.1) is 0 Å². The molecule has 4 aromatic rings. The first-order valence-electron chi connectivity index (χ1n) is 10.2. The van der Waals surface area contributed by atoms with Crippen LogP contribution in [0.5, 0.6) is 11.5 Å². The number of quaternary nitrogens is 1. The highest BCUT2D eigenvalue weighted by Crippen LogP contribution is 2.30. The van der Waals surface area contributed by atoms with Gasteiger partial charge in [-0.25, -0.2) is 0 Å². The lowest BCUT2D eigenvalue weighted by molar-refractivity contribution is -0.686. The van der Waals surface area contributed by atoms with Crippen LogP contribution in [-0.2, 0) is 0 Å². The summed E-state index contributed by atoms with van der Waals surface area (Å²) in [6.07, 6.45) is 1.69. The van der Waals surface area contributed by atoms with E-state index in [4.69, 9.17) is 9.47 Å². The Hall–Kier alpha value is -3.57. The van der Waals surface area contributed by atoms with Gasteiger partial charge in [0.2, 0.25) is 5.78 Å². The molecule has 0 saturated carbocycles. The molecule has 0 radical (unpaired) electrons. The molecular weight excluding hydrogens is 376 g/mol. The fourth-order valence-electron chi connectivity index (χ4n) is 3.96. The molecule has 0 unspecified atom stereocenters. The Balaban J connectivity index is 1.39. The highest BCUT2D eigenvalue weighted by Gasteiger charge is 2.30. The summed E-state index contributed by atoms with van der Waals surface area (Å²) < 4.78 is 11.9. The van der Waals surface area contributed by atoms with Gasteiger partial charge in [0.25, 0.3) is 0 Å². The first-order chi connectivity index (χ1) is 14.8. The number of aromatic nitrogens is 1. The van der Waals surface area contributed by atoms with Crippen molar-refractivity contribution >= 4 is 16.7 Å². The number of Topliss-reactive ketones (excluding diaryl/α,β-unsaturated/α-hetero) is 1. The van der Waals surface area contributed by atoms with Crippen molar-refractivity contribution in [1.82, 2.24) is 4.98 Å². The maximum atomic E-state index is 13.6. The third-order valence-electron chi connectivity index (χ3n) is 5.50. The van der Waals surface area contributed by atoms with E-state index in [-0.39, 0.29) is 17.9 Å². The van der Waals surface area contributed by atoms with Crippen molar-refractivity contribution in [3.63, 3.8) is 0 Å². The molecule has 5 nitrogen and oxygen atoms in total. The van der Waals surface area contributed by atoms with Crippen LogP contribution in [0.1, 0.15) is 22.0 Å². The van der Waals surface area contributed by atoms with E-state index in [2.05, 4.69) is 10.3 Å². The average molecular weight is 399 g/mol. The van der Waals surface area contributed by atoms with E-state index in [9.17, 15) is 4.79 Å². The molecule has 0 fully saturated rings. The molecule has 150 valence electrons. The number of nitrogens with one attached hydrogen (secondary N) is 1. The van der Waals surface area contributed by atoms with E-state index in [0.29, 0.717) is 18.7 Å². The van der Waals surface area contributed by atoms with Crippen LogP contribution < -0.4 is 14.8 Å². The maximum absolute atomic E-state index is 13.6. The van der Waals surface area contributed by atoms with Crippen LogP contribution in [0.4, 0.5) is 0 Å². The van der Waals surface area contributed by atoms with Crippen molar-refractivity contribution in [3.8, 4) is 11.5 Å². The Morgan fingerprint density at radius 2 is 1.70 bits per heavy atom. The zero-order valence-electron chi connectivity index (χ0n) is 16.5. The van der Waals surface area contributed by atoms with Crippen molar-refractivity contribution in [2.45, 2.75) is 12.1 Å². The van der Waals surface area contributed by atoms with Crippen molar-refractivity contribution in [1.29, 1.82) is 0 Å². The first kappa shape index (κ1) is 18.5. The van der Waals surface area contributed by atoms with E-state index in [1.54, 1.807) is 0 Å². The molecule has 5 heteroatoms. The predicted octanol–water partition coefficient (Wildman–Crippen LogP) is 3.50. The zero-order chi connectivity index (χ0) is 20.3. The van der Waals surface area contributed by atoms with Crippen molar-refractivity contribution in [2.75, 3.05) is 13.2 Å². The molecule has 0 bridgehead atoms. The fraction of sp³-hybridized carbons (Fsp3) is 0.160. The Labute approximate surface area is 174 Å². The van der Waals surface area contributed by atoms with E-state index >= 15 is 0 Å². The number of hydrogen-bond donors (Lipinski definition) is 2. The van der Waals surface area contributed by atoms with Gasteiger partial charge in [-0.2, -0.15) is 0 Å². The number of hydrogen-bond acceptors (Lipinski definition) is 3. The third-order valence-corrected chi connectivity index (χ3v) is 5.50. The molecule has 0 spiro atoms. The number of H-pyrrole nitrogens is 1. The van der Waals surface area contributed by atoms with Crippen LogP contribution in [0.15, 0.2) is 85.1 Å². The van der Waals surface area contributed by atoms with Crippen LogP contribution in [-0.4, -0.2) is 30.0 Å². The molecule has 3 N–H and O–H groups in total. The number of carbonyl (C=O) groups excluding carboxylic acids is 1. The second-order valence-electron chi connectivity index (χ2n) is 7.47. The van der Waals surface area contributed by atoms with Gasteiger partial charge in [-0.05, 0) is 18.2 Å². The number of ether oxygens (including phenoxy) is 2. The molecule has 0 aliphatic carbocycles. The number of aromatic amines is 1. The topological polar surface area (TPSA) is 67.9 Å². The van der Waals surface area contributed by atoms with Gasteiger partial charge < -0.3 is 19.8 Å². The number of carbonyl (C=O) groups is 1. The second kappa shape index (κ2) is 8.05. The van der Waals surface area contributed by atoms with E-state index in [0.717, 1.165) is 28.0 Å². The van der Waals surface area contributed by atoms with Crippen LogP contribution in [0.2, 0.25) is 0 Å². The van der Waals surface area contributed by atoms with Crippen LogP contribution >= 0.6 is 0 Å². The number of para-hydroxylation sites is 3.